The Kier molecular flexibility index (Phi) is 5.69. The summed E-state index contributed by atoms with van der Waals surface area (Å²) >= 11 is 1.74. The van der Waals surface area contributed by atoms with Crippen LogP contribution in [0.4, 0.5) is 0 Å². The highest BCUT2D eigenvalue weighted by molar-refractivity contribution is 7.09. The molecule has 0 aliphatic carbocycles. The normalized spacial score (nSPS) is 22.4. The van der Waals surface area contributed by atoms with E-state index < -0.39 is 0 Å². The summed E-state index contributed by atoms with van der Waals surface area (Å²) in [5.41, 5.74) is 2.56. The van der Waals surface area contributed by atoms with Crippen molar-refractivity contribution in [2.45, 2.75) is 39.3 Å². The van der Waals surface area contributed by atoms with Crippen LogP contribution < -0.4 is 0 Å². The predicted molar refractivity (Wildman–Crippen MR) is 99.1 cm³/mol. The van der Waals surface area contributed by atoms with Crippen LogP contribution in [0.3, 0.4) is 0 Å². The maximum Gasteiger partial charge on any atom is 0.0897 e. The molecule has 3 rings (SSSR count). The van der Waals surface area contributed by atoms with Crippen molar-refractivity contribution in [3.8, 4) is 0 Å². The number of aromatic nitrogens is 3. The first-order chi connectivity index (χ1) is 11.6. The van der Waals surface area contributed by atoms with Gasteiger partial charge in [-0.2, -0.15) is 5.10 Å². The molecule has 2 atom stereocenters. The van der Waals surface area contributed by atoms with Crippen LogP contribution in [-0.4, -0.2) is 51.2 Å². The molecule has 6 heteroatoms. The molecule has 1 aliphatic rings. The second-order valence-corrected chi connectivity index (χ2v) is 8.04. The van der Waals surface area contributed by atoms with Gasteiger partial charge in [0.1, 0.15) is 0 Å². The third-order valence-corrected chi connectivity index (χ3v) is 5.80. The molecule has 5 nitrogen and oxygen atoms in total. The zero-order chi connectivity index (χ0) is 17.1. The third kappa shape index (κ3) is 4.05. The molecule has 0 aromatic carbocycles. The zero-order valence-corrected chi connectivity index (χ0v) is 16.1. The molecule has 0 spiro atoms. The largest absolute Gasteiger partial charge is 0.300 e. The lowest BCUT2D eigenvalue weighted by atomic mass is 9.85. The Bertz CT molecular complexity index is 649. The van der Waals surface area contributed by atoms with Crippen molar-refractivity contribution in [2.24, 2.45) is 13.0 Å². The lowest BCUT2D eigenvalue weighted by molar-refractivity contribution is 0.0747. The number of nitrogens with zero attached hydrogens (tertiary/aromatic N) is 5. The number of likely N-dealkylation sites (tertiary alicyclic amines) is 1. The molecular weight excluding hydrogens is 318 g/mol. The second-order valence-electron chi connectivity index (χ2n) is 6.98. The Balaban J connectivity index is 1.71. The minimum atomic E-state index is 0.483. The van der Waals surface area contributed by atoms with Gasteiger partial charge in [0.05, 0.1) is 16.9 Å². The molecule has 0 N–H and O–H groups in total. The number of rotatable bonds is 6. The van der Waals surface area contributed by atoms with Crippen LogP contribution in [0.5, 0.6) is 0 Å². The van der Waals surface area contributed by atoms with Gasteiger partial charge < -0.3 is 4.90 Å². The summed E-state index contributed by atoms with van der Waals surface area (Å²) < 4.78 is 1.93. The molecule has 132 valence electrons. The van der Waals surface area contributed by atoms with Crippen LogP contribution in [0.25, 0.3) is 0 Å². The highest BCUT2D eigenvalue weighted by Crippen LogP contribution is 2.36. The van der Waals surface area contributed by atoms with Crippen molar-refractivity contribution in [3.05, 3.63) is 34.0 Å². The summed E-state index contributed by atoms with van der Waals surface area (Å²) in [4.78, 5) is 9.66. The van der Waals surface area contributed by atoms with Crippen LogP contribution >= 0.6 is 11.3 Å². The molecule has 0 radical (unpaired) electrons. The third-order valence-electron chi connectivity index (χ3n) is 4.98. The Morgan fingerprint density at radius 1 is 1.42 bits per heavy atom. The molecule has 0 bridgehead atoms. The summed E-state index contributed by atoms with van der Waals surface area (Å²) in [5, 5.41) is 7.75. The van der Waals surface area contributed by atoms with Gasteiger partial charge in [0.15, 0.2) is 0 Å². The number of thiazole rings is 1. The Labute approximate surface area is 149 Å². The van der Waals surface area contributed by atoms with Gasteiger partial charge in [-0.05, 0) is 45.8 Å². The van der Waals surface area contributed by atoms with Gasteiger partial charge in [0.2, 0.25) is 0 Å². The van der Waals surface area contributed by atoms with E-state index >= 15 is 0 Å². The maximum atomic E-state index is 4.61. The van der Waals surface area contributed by atoms with E-state index in [0.29, 0.717) is 12.0 Å². The summed E-state index contributed by atoms with van der Waals surface area (Å²) in [5.74, 6) is 0.646. The first kappa shape index (κ1) is 17.6. The standard InChI is InChI=1S/C18H29N5S/c1-5-23-8-6-7-15(18(23)16-9-19-22(4)11-16)10-21(3)12-17-13-24-14(2)20-17/h9,11,13,15,18H,5-8,10,12H2,1-4H3/t15-,18+/m0/s1. The molecule has 2 aromatic heterocycles. The molecule has 2 aromatic rings. The van der Waals surface area contributed by atoms with Crippen LogP contribution in [0.2, 0.25) is 0 Å². The quantitative estimate of drug-likeness (QED) is 0.805. The Morgan fingerprint density at radius 3 is 2.88 bits per heavy atom. The van der Waals surface area contributed by atoms with E-state index in [1.54, 1.807) is 11.3 Å². The minimum absolute atomic E-state index is 0.483. The van der Waals surface area contributed by atoms with Crippen LogP contribution in [0, 0.1) is 12.8 Å². The summed E-state index contributed by atoms with van der Waals surface area (Å²) in [6, 6.07) is 0.483. The highest BCUT2D eigenvalue weighted by Gasteiger charge is 2.33. The van der Waals surface area contributed by atoms with Crippen molar-refractivity contribution in [2.75, 3.05) is 26.7 Å². The molecular formula is C18H29N5S. The Hall–Kier alpha value is -1.24. The van der Waals surface area contributed by atoms with Gasteiger partial charge in [-0.25, -0.2) is 4.98 Å². The van der Waals surface area contributed by atoms with E-state index in [0.717, 1.165) is 24.6 Å². The van der Waals surface area contributed by atoms with Crippen LogP contribution in [-0.2, 0) is 13.6 Å². The molecule has 0 unspecified atom stereocenters. The van der Waals surface area contributed by atoms with Crippen molar-refractivity contribution in [3.63, 3.8) is 0 Å². The highest BCUT2D eigenvalue weighted by atomic mass is 32.1. The van der Waals surface area contributed by atoms with Gasteiger partial charge in [0, 0.05) is 43.3 Å². The van der Waals surface area contributed by atoms with E-state index in [9.17, 15) is 0 Å². The molecule has 1 fully saturated rings. The van der Waals surface area contributed by atoms with Crippen molar-refractivity contribution < 1.29 is 0 Å². The van der Waals surface area contributed by atoms with Gasteiger partial charge in [0.25, 0.3) is 0 Å². The lowest BCUT2D eigenvalue weighted by Crippen LogP contribution is -2.42. The molecule has 0 saturated carbocycles. The molecule has 3 heterocycles. The van der Waals surface area contributed by atoms with Gasteiger partial charge in [-0.15, -0.1) is 11.3 Å². The van der Waals surface area contributed by atoms with E-state index in [-0.39, 0.29) is 0 Å². The van der Waals surface area contributed by atoms with Crippen LogP contribution in [0.1, 0.15) is 42.1 Å². The van der Waals surface area contributed by atoms with Crippen molar-refractivity contribution in [1.29, 1.82) is 0 Å². The maximum absolute atomic E-state index is 4.61. The summed E-state index contributed by atoms with van der Waals surface area (Å²) in [7, 11) is 4.23. The minimum Gasteiger partial charge on any atom is -0.300 e. The number of hydrogen-bond acceptors (Lipinski definition) is 5. The lowest BCUT2D eigenvalue weighted by Gasteiger charge is -2.42. The second kappa shape index (κ2) is 7.76. The fourth-order valence-electron chi connectivity index (χ4n) is 4.00. The summed E-state index contributed by atoms with van der Waals surface area (Å²) in [6.07, 6.45) is 6.82. The smallest absolute Gasteiger partial charge is 0.0897 e. The zero-order valence-electron chi connectivity index (χ0n) is 15.3. The number of hydrogen-bond donors (Lipinski definition) is 0. The SMILES string of the molecule is CCN1CCC[C@@H](CN(C)Cc2csc(C)n2)[C@@H]1c1cnn(C)c1. The topological polar surface area (TPSA) is 37.2 Å². The molecule has 1 aliphatic heterocycles. The van der Waals surface area contributed by atoms with E-state index in [4.69, 9.17) is 0 Å². The average Bonchev–Trinajstić information content (AvgIpc) is 3.15. The monoisotopic (exact) mass is 347 g/mol. The van der Waals surface area contributed by atoms with Crippen LogP contribution in [0.15, 0.2) is 17.8 Å². The van der Waals surface area contributed by atoms with E-state index in [2.05, 4.69) is 58.6 Å². The van der Waals surface area contributed by atoms with E-state index in [1.807, 2.05) is 11.7 Å². The summed E-state index contributed by atoms with van der Waals surface area (Å²) in [6.45, 7) is 8.69. The average molecular weight is 348 g/mol. The first-order valence-electron chi connectivity index (χ1n) is 8.89. The molecule has 0 amide bonds. The molecule has 1 saturated heterocycles. The predicted octanol–water partition coefficient (Wildman–Crippen LogP) is 3.09. The first-order valence-corrected chi connectivity index (χ1v) is 9.77. The Morgan fingerprint density at radius 2 is 2.25 bits per heavy atom. The fourth-order valence-corrected chi connectivity index (χ4v) is 4.60. The van der Waals surface area contributed by atoms with Gasteiger partial charge in [-0.1, -0.05) is 6.92 Å². The fraction of sp³-hybridized carbons (Fsp3) is 0.667. The van der Waals surface area contributed by atoms with Gasteiger partial charge in [-0.3, -0.25) is 9.58 Å². The van der Waals surface area contributed by atoms with Gasteiger partial charge >= 0.3 is 0 Å². The number of piperidine rings is 1. The van der Waals surface area contributed by atoms with E-state index in [1.165, 1.54) is 30.6 Å². The van der Waals surface area contributed by atoms with Crippen molar-refractivity contribution >= 4 is 11.3 Å². The number of aryl methyl sites for hydroxylation is 2. The molecule has 24 heavy (non-hydrogen) atoms. The van der Waals surface area contributed by atoms with Crippen molar-refractivity contribution in [1.82, 2.24) is 24.6 Å².